The summed E-state index contributed by atoms with van der Waals surface area (Å²) in [5.74, 6) is -3.89. The summed E-state index contributed by atoms with van der Waals surface area (Å²) >= 11 is 2.99. The zero-order chi connectivity index (χ0) is 41.0. The van der Waals surface area contributed by atoms with Crippen molar-refractivity contribution in [1.29, 1.82) is 0 Å². The molecule has 4 rings (SSSR count). The van der Waals surface area contributed by atoms with E-state index in [0.29, 0.717) is 28.5 Å². The Hall–Kier alpha value is -5.16. The molecule has 0 atom stereocenters. The maximum atomic E-state index is 12.8. The van der Waals surface area contributed by atoms with Gasteiger partial charge in [0.1, 0.15) is 25.6 Å². The van der Waals surface area contributed by atoms with E-state index in [2.05, 4.69) is 0 Å². The van der Waals surface area contributed by atoms with Gasteiger partial charge in [-0.1, -0.05) is 138 Å². The molecule has 0 N–H and O–H groups in total. The summed E-state index contributed by atoms with van der Waals surface area (Å²) in [5, 5.41) is -1.39. The van der Waals surface area contributed by atoms with E-state index in [-0.39, 0.29) is 69.5 Å². The number of hydrogen-bond acceptors (Lipinski definition) is 16. The van der Waals surface area contributed by atoms with Crippen molar-refractivity contribution < 1.29 is 57.3 Å². The van der Waals surface area contributed by atoms with Crippen molar-refractivity contribution in [2.45, 2.75) is 6.92 Å². The van der Waals surface area contributed by atoms with Crippen molar-refractivity contribution in [3.63, 3.8) is 0 Å². The number of benzene rings is 4. The highest BCUT2D eigenvalue weighted by molar-refractivity contribution is 8.15. The van der Waals surface area contributed by atoms with Crippen molar-refractivity contribution in [2.75, 3.05) is 42.8 Å². The maximum absolute atomic E-state index is 12.8. The van der Waals surface area contributed by atoms with Crippen molar-refractivity contribution in [1.82, 2.24) is 0 Å². The number of hydrogen-bond donors (Lipinski definition) is 0. The molecule has 0 radical (unpaired) electrons. The van der Waals surface area contributed by atoms with Crippen LogP contribution in [0.4, 0.5) is 0 Å². The summed E-state index contributed by atoms with van der Waals surface area (Å²) < 4.78 is 21.4. The van der Waals surface area contributed by atoms with Crippen LogP contribution in [-0.2, 0) is 33.4 Å². The zero-order valence-electron chi connectivity index (χ0n) is 30.5. The third-order valence-electron chi connectivity index (χ3n) is 7.38. The van der Waals surface area contributed by atoms with Crippen LogP contribution in [0.2, 0.25) is 0 Å². The van der Waals surface area contributed by atoms with Crippen molar-refractivity contribution in [3.05, 3.63) is 138 Å². The molecule has 0 saturated heterocycles. The van der Waals surface area contributed by atoms with Gasteiger partial charge in [0.25, 0.3) is 0 Å². The summed E-state index contributed by atoms with van der Waals surface area (Å²) in [5.41, 5.74) is 0.279. The first-order valence-electron chi connectivity index (χ1n) is 17.0. The Kier molecular flexibility index (Phi) is 18.1. The first-order valence-corrected chi connectivity index (χ1v) is 21.0. The van der Waals surface area contributed by atoms with E-state index in [1.807, 2.05) is 0 Å². The molecule has 0 saturated carbocycles. The molecular weight excluding hydrogens is 813 g/mol. The number of ether oxygens (including phenoxy) is 4. The van der Waals surface area contributed by atoms with Crippen LogP contribution in [0, 0.1) is 5.41 Å². The molecule has 0 unspecified atom stereocenters. The Morgan fingerprint density at radius 2 is 0.684 bits per heavy atom. The molecule has 57 heavy (non-hydrogen) atoms. The maximum Gasteiger partial charge on any atom is 0.321 e. The van der Waals surface area contributed by atoms with E-state index in [1.165, 1.54) is 24.3 Å². The Morgan fingerprint density at radius 1 is 0.404 bits per heavy atom. The Morgan fingerprint density at radius 3 is 1.00 bits per heavy atom. The van der Waals surface area contributed by atoms with Gasteiger partial charge in [-0.05, 0) is 31.2 Å². The lowest BCUT2D eigenvalue weighted by atomic mass is 9.94. The van der Waals surface area contributed by atoms with Crippen LogP contribution in [0.5, 0.6) is 5.75 Å². The molecule has 0 fully saturated rings. The summed E-state index contributed by atoms with van der Waals surface area (Å²) in [6.45, 7) is 0.474. The highest BCUT2D eigenvalue weighted by Gasteiger charge is 2.31. The lowest BCUT2D eigenvalue weighted by Crippen LogP contribution is -2.37. The predicted molar refractivity (Wildman–Crippen MR) is 220 cm³/mol. The van der Waals surface area contributed by atoms with Gasteiger partial charge >= 0.3 is 23.9 Å². The van der Waals surface area contributed by atoms with Gasteiger partial charge in [-0.2, -0.15) is 0 Å². The second-order valence-corrected chi connectivity index (χ2v) is 16.0. The number of thioether (sulfide) groups is 4. The van der Waals surface area contributed by atoms with Gasteiger partial charge in [0, 0.05) is 22.3 Å². The summed E-state index contributed by atoms with van der Waals surface area (Å²) in [7, 11) is 0. The first kappa shape index (κ1) is 44.6. The minimum absolute atomic E-state index is 0.164. The van der Waals surface area contributed by atoms with E-state index in [9.17, 15) is 38.4 Å². The topological polar surface area (TPSA) is 173 Å². The molecule has 12 nitrogen and oxygen atoms in total. The highest BCUT2D eigenvalue weighted by atomic mass is 32.2. The zero-order valence-corrected chi connectivity index (χ0v) is 33.7. The smallest absolute Gasteiger partial charge is 0.321 e. The SMILES string of the molecule is CC(COC(=O)CSC(=O)c1ccccc1)(COC(=O)CSC(=O)c1ccccc1)COC(=O)CSC(=O)c1ccc(OC(=O)CSC(=O)c2ccccc2)cc1. The fourth-order valence-electron chi connectivity index (χ4n) is 4.39. The fourth-order valence-corrected chi connectivity index (χ4v) is 6.90. The van der Waals surface area contributed by atoms with Crippen LogP contribution in [0.3, 0.4) is 0 Å². The number of carbonyl (C=O) groups is 8. The van der Waals surface area contributed by atoms with Crippen molar-refractivity contribution >= 4 is 91.4 Å². The van der Waals surface area contributed by atoms with Gasteiger partial charge in [0.05, 0.1) is 28.4 Å². The molecule has 0 aromatic heterocycles. The van der Waals surface area contributed by atoms with Gasteiger partial charge < -0.3 is 18.9 Å². The van der Waals surface area contributed by atoms with Gasteiger partial charge in [0.2, 0.25) is 20.5 Å². The Balaban J connectivity index is 1.24. The standard InChI is InChI=1S/C41H36O12S4/c1-41(25-50-33(42)21-54-37(46)28-11-5-2-6-12-28,26-51-34(43)22-55-38(47)29-13-7-3-8-14-29)27-52-35(44)23-56-40(49)31-17-19-32(20-18-31)53-36(45)24-57-39(48)30-15-9-4-10-16-30/h2-20H,21-27H2,1H3. The van der Waals surface area contributed by atoms with Gasteiger partial charge in [0.15, 0.2) is 0 Å². The van der Waals surface area contributed by atoms with Crippen LogP contribution >= 0.6 is 47.0 Å². The van der Waals surface area contributed by atoms with Crippen molar-refractivity contribution in [2.24, 2.45) is 5.41 Å². The molecular formula is C41H36O12S4. The van der Waals surface area contributed by atoms with Crippen LogP contribution < -0.4 is 4.74 Å². The lowest BCUT2D eigenvalue weighted by molar-refractivity contribution is -0.157. The van der Waals surface area contributed by atoms with Crippen LogP contribution in [0.25, 0.3) is 0 Å². The van der Waals surface area contributed by atoms with Crippen molar-refractivity contribution in [3.8, 4) is 5.75 Å². The third-order valence-corrected chi connectivity index (χ3v) is 10.9. The van der Waals surface area contributed by atoms with E-state index in [0.717, 1.165) is 35.3 Å². The number of carbonyl (C=O) groups excluding carboxylic acids is 8. The molecule has 0 spiro atoms. The molecule has 4 aromatic rings. The van der Waals surface area contributed by atoms with Gasteiger partial charge in [-0.15, -0.1) is 0 Å². The minimum atomic E-state index is -1.24. The predicted octanol–water partition coefficient (Wildman–Crippen LogP) is 6.82. The van der Waals surface area contributed by atoms with Gasteiger partial charge in [-0.25, -0.2) is 0 Å². The highest BCUT2D eigenvalue weighted by Crippen LogP contribution is 2.23. The number of esters is 4. The molecule has 296 valence electrons. The summed E-state index contributed by atoms with van der Waals surface area (Å²) in [6, 6.07) is 31.0. The summed E-state index contributed by atoms with van der Waals surface area (Å²) in [4.78, 5) is 99.9. The molecule has 0 aliphatic heterocycles. The normalized spacial score (nSPS) is 10.8. The third kappa shape index (κ3) is 16.1. The van der Waals surface area contributed by atoms with E-state index in [4.69, 9.17) is 18.9 Å². The van der Waals surface area contributed by atoms with Crippen LogP contribution in [0.15, 0.2) is 115 Å². The summed E-state index contributed by atoms with van der Waals surface area (Å²) in [6.07, 6.45) is 0. The second kappa shape index (κ2) is 23.2. The van der Waals surface area contributed by atoms with E-state index < -0.39 is 34.4 Å². The largest absolute Gasteiger partial charge is 0.464 e. The molecule has 16 heteroatoms. The quantitative estimate of drug-likeness (QED) is 0.0546. The average Bonchev–Trinajstić information content (AvgIpc) is 3.24. The van der Waals surface area contributed by atoms with Gasteiger partial charge in [-0.3, -0.25) is 38.4 Å². The van der Waals surface area contributed by atoms with E-state index in [1.54, 1.807) is 97.9 Å². The second-order valence-electron chi connectivity index (χ2n) is 12.2. The minimum Gasteiger partial charge on any atom is -0.464 e. The molecule has 0 heterocycles. The van der Waals surface area contributed by atoms with Crippen LogP contribution in [0.1, 0.15) is 48.4 Å². The monoisotopic (exact) mass is 848 g/mol. The van der Waals surface area contributed by atoms with Crippen LogP contribution in [-0.4, -0.2) is 87.2 Å². The fraction of sp³-hybridized carbons (Fsp3) is 0.220. The number of rotatable bonds is 19. The average molecular weight is 849 g/mol. The molecule has 0 aliphatic rings. The Labute approximate surface area is 345 Å². The molecule has 0 aliphatic carbocycles. The first-order chi connectivity index (χ1) is 27.4. The van der Waals surface area contributed by atoms with E-state index >= 15 is 0 Å². The molecule has 4 aromatic carbocycles. The Bertz CT molecular complexity index is 1950. The molecule has 0 amide bonds. The molecule has 0 bridgehead atoms. The lowest BCUT2D eigenvalue weighted by Gasteiger charge is -2.28.